The van der Waals surface area contributed by atoms with E-state index in [4.69, 9.17) is 17.2 Å². The number of primary amides is 1. The van der Waals surface area contributed by atoms with Crippen LogP contribution in [0.25, 0.3) is 0 Å². The third-order valence-electron chi connectivity index (χ3n) is 2.73. The first-order valence-corrected chi connectivity index (χ1v) is 7.14. The highest BCUT2D eigenvalue weighted by Crippen LogP contribution is 2.15. The zero-order valence-electron chi connectivity index (χ0n) is 13.6. The predicted octanol–water partition coefficient (Wildman–Crippen LogP) is 0.414. The van der Waals surface area contributed by atoms with Gasteiger partial charge in [0.15, 0.2) is 0 Å². The van der Waals surface area contributed by atoms with Gasteiger partial charge in [-0.25, -0.2) is 0 Å². The van der Waals surface area contributed by atoms with Crippen molar-refractivity contribution in [3.8, 4) is 0 Å². The molecule has 0 aliphatic carbocycles. The highest BCUT2D eigenvalue weighted by Gasteiger charge is 2.07. The maximum absolute atomic E-state index is 11.4. The molecule has 1 aromatic carbocycles. The highest BCUT2D eigenvalue weighted by molar-refractivity contribution is 5.97. The molecule has 0 aliphatic heterocycles. The number of nitrogen functional groups attached to an aromatic ring is 2. The van der Waals surface area contributed by atoms with Crippen LogP contribution in [0.2, 0.25) is 0 Å². The Bertz CT molecular complexity index is 489. The average molecular weight is 309 g/mol. The van der Waals surface area contributed by atoms with Crippen LogP contribution in [0.3, 0.4) is 0 Å². The van der Waals surface area contributed by atoms with E-state index in [2.05, 4.69) is 31.2 Å². The van der Waals surface area contributed by atoms with E-state index < -0.39 is 11.8 Å². The Balaban J connectivity index is 0.000000534. The highest BCUT2D eigenvalue weighted by atomic mass is 16.2. The van der Waals surface area contributed by atoms with Crippen LogP contribution in [0.1, 0.15) is 30.1 Å². The summed E-state index contributed by atoms with van der Waals surface area (Å²) >= 11 is 0. The fraction of sp³-hybridized carbons (Fsp3) is 0.467. The molecule has 0 saturated carbocycles. The van der Waals surface area contributed by atoms with Crippen molar-refractivity contribution in [1.82, 2.24) is 10.2 Å². The SMILES string of the molecule is CCCCN(C)C.NC(=O)CNC(=O)c1ccc(N)c(N)c1. The van der Waals surface area contributed by atoms with E-state index >= 15 is 0 Å². The number of amides is 2. The van der Waals surface area contributed by atoms with Crippen LogP contribution < -0.4 is 22.5 Å². The fourth-order valence-corrected chi connectivity index (χ4v) is 1.46. The number of nitrogens with two attached hydrogens (primary N) is 3. The number of anilines is 2. The van der Waals surface area contributed by atoms with Gasteiger partial charge in [0.1, 0.15) is 0 Å². The van der Waals surface area contributed by atoms with Gasteiger partial charge in [-0.05, 0) is 45.3 Å². The molecule has 0 atom stereocenters. The van der Waals surface area contributed by atoms with Crippen molar-refractivity contribution in [2.75, 3.05) is 38.7 Å². The molecule has 7 heteroatoms. The molecule has 0 heterocycles. The molecule has 0 fully saturated rings. The molecule has 7 N–H and O–H groups in total. The first kappa shape index (κ1) is 19.7. The fourth-order valence-electron chi connectivity index (χ4n) is 1.46. The molecule has 1 aromatic rings. The van der Waals surface area contributed by atoms with Crippen molar-refractivity contribution in [2.24, 2.45) is 5.73 Å². The summed E-state index contributed by atoms with van der Waals surface area (Å²) in [6, 6.07) is 4.47. The van der Waals surface area contributed by atoms with Crippen LogP contribution >= 0.6 is 0 Å². The molecule has 22 heavy (non-hydrogen) atoms. The first-order chi connectivity index (χ1) is 10.3. The molecule has 2 amide bonds. The number of rotatable bonds is 6. The van der Waals surface area contributed by atoms with Gasteiger partial charge in [-0.15, -0.1) is 0 Å². The first-order valence-electron chi connectivity index (χ1n) is 7.14. The van der Waals surface area contributed by atoms with E-state index in [1.807, 2.05) is 0 Å². The molecule has 0 aromatic heterocycles. The Labute approximate surface area is 131 Å². The van der Waals surface area contributed by atoms with Gasteiger partial charge in [0, 0.05) is 5.56 Å². The monoisotopic (exact) mass is 309 g/mol. The topological polar surface area (TPSA) is 127 Å². The quantitative estimate of drug-likeness (QED) is 0.566. The van der Waals surface area contributed by atoms with Crippen molar-refractivity contribution in [3.05, 3.63) is 23.8 Å². The molecule has 0 aliphatic rings. The van der Waals surface area contributed by atoms with Gasteiger partial charge in [0.05, 0.1) is 17.9 Å². The lowest BCUT2D eigenvalue weighted by Gasteiger charge is -2.05. The Kier molecular flexibility index (Phi) is 9.36. The third kappa shape index (κ3) is 8.80. The van der Waals surface area contributed by atoms with E-state index in [1.54, 1.807) is 0 Å². The minimum Gasteiger partial charge on any atom is -0.397 e. The predicted molar refractivity (Wildman–Crippen MR) is 90.3 cm³/mol. The summed E-state index contributed by atoms with van der Waals surface area (Å²) < 4.78 is 0. The Morgan fingerprint density at radius 3 is 2.23 bits per heavy atom. The zero-order valence-corrected chi connectivity index (χ0v) is 13.6. The second kappa shape index (κ2) is 10.4. The lowest BCUT2D eigenvalue weighted by molar-refractivity contribution is -0.117. The molecule has 124 valence electrons. The van der Waals surface area contributed by atoms with E-state index in [9.17, 15) is 9.59 Å². The number of unbranched alkanes of at least 4 members (excludes halogenated alkanes) is 1. The Morgan fingerprint density at radius 1 is 1.18 bits per heavy atom. The molecular formula is C15H27N5O2. The van der Waals surface area contributed by atoms with Gasteiger partial charge < -0.3 is 27.4 Å². The minimum absolute atomic E-state index is 0.205. The van der Waals surface area contributed by atoms with Gasteiger partial charge in [-0.2, -0.15) is 0 Å². The van der Waals surface area contributed by atoms with Crippen molar-refractivity contribution in [2.45, 2.75) is 19.8 Å². The molecule has 0 unspecified atom stereocenters. The summed E-state index contributed by atoms with van der Waals surface area (Å²) in [4.78, 5) is 24.0. The van der Waals surface area contributed by atoms with Crippen LogP contribution in [0.4, 0.5) is 11.4 Å². The van der Waals surface area contributed by atoms with Gasteiger partial charge in [-0.1, -0.05) is 13.3 Å². The lowest BCUT2D eigenvalue weighted by atomic mass is 10.1. The van der Waals surface area contributed by atoms with Crippen molar-refractivity contribution < 1.29 is 9.59 Å². The van der Waals surface area contributed by atoms with Gasteiger partial charge in [0.2, 0.25) is 5.91 Å². The maximum Gasteiger partial charge on any atom is 0.251 e. The summed E-state index contributed by atoms with van der Waals surface area (Å²) in [6.45, 7) is 3.24. The standard InChI is InChI=1S/C9H12N4O2.C6H15N/c10-6-2-1-5(3-7(6)11)9(15)13-4-8(12)14;1-4-5-6-7(2)3/h1-3H,4,10-11H2,(H2,12,14)(H,13,15);4-6H2,1-3H3. The third-order valence-corrected chi connectivity index (χ3v) is 2.73. The number of carbonyl (C=O) groups is 2. The molecule has 0 bridgehead atoms. The maximum atomic E-state index is 11.4. The lowest BCUT2D eigenvalue weighted by Crippen LogP contribution is -2.33. The zero-order chi connectivity index (χ0) is 17.1. The summed E-state index contributed by atoms with van der Waals surface area (Å²) in [5.41, 5.74) is 16.9. The van der Waals surface area contributed by atoms with Crippen LogP contribution in [0.15, 0.2) is 18.2 Å². The number of hydrogen-bond acceptors (Lipinski definition) is 5. The second-order valence-electron chi connectivity index (χ2n) is 5.15. The molecule has 7 nitrogen and oxygen atoms in total. The summed E-state index contributed by atoms with van der Waals surface area (Å²) in [5, 5.41) is 2.34. The van der Waals surface area contributed by atoms with E-state index in [0.717, 1.165) is 0 Å². The van der Waals surface area contributed by atoms with Gasteiger partial charge in [-0.3, -0.25) is 9.59 Å². The molecular weight excluding hydrogens is 282 g/mol. The minimum atomic E-state index is -0.605. The van der Waals surface area contributed by atoms with Crippen molar-refractivity contribution in [3.63, 3.8) is 0 Å². The average Bonchev–Trinajstić information content (AvgIpc) is 2.46. The van der Waals surface area contributed by atoms with Crippen molar-refractivity contribution in [1.29, 1.82) is 0 Å². The number of carbonyl (C=O) groups excluding carboxylic acids is 2. The number of benzene rings is 1. The van der Waals surface area contributed by atoms with Gasteiger partial charge in [0.25, 0.3) is 5.91 Å². The molecule has 1 rings (SSSR count). The number of hydrogen-bond donors (Lipinski definition) is 4. The largest absolute Gasteiger partial charge is 0.397 e. The van der Waals surface area contributed by atoms with Crippen LogP contribution in [0, 0.1) is 0 Å². The van der Waals surface area contributed by atoms with Crippen LogP contribution in [0.5, 0.6) is 0 Å². The summed E-state index contributed by atoms with van der Waals surface area (Å²) in [5.74, 6) is -1.02. The van der Waals surface area contributed by atoms with Crippen LogP contribution in [-0.2, 0) is 4.79 Å². The molecule has 0 radical (unpaired) electrons. The number of nitrogens with zero attached hydrogens (tertiary/aromatic N) is 1. The summed E-state index contributed by atoms with van der Waals surface area (Å²) in [7, 11) is 4.21. The number of nitrogens with one attached hydrogen (secondary N) is 1. The van der Waals surface area contributed by atoms with E-state index in [0.29, 0.717) is 16.9 Å². The van der Waals surface area contributed by atoms with Crippen molar-refractivity contribution >= 4 is 23.2 Å². The second-order valence-corrected chi connectivity index (χ2v) is 5.15. The van der Waals surface area contributed by atoms with E-state index in [-0.39, 0.29) is 6.54 Å². The normalized spacial score (nSPS) is 9.82. The summed E-state index contributed by atoms with van der Waals surface area (Å²) in [6.07, 6.45) is 2.63. The van der Waals surface area contributed by atoms with Gasteiger partial charge >= 0.3 is 0 Å². The Morgan fingerprint density at radius 2 is 1.82 bits per heavy atom. The smallest absolute Gasteiger partial charge is 0.251 e. The Hall–Kier alpha value is -2.28. The van der Waals surface area contributed by atoms with Crippen LogP contribution in [-0.4, -0.2) is 43.9 Å². The molecule has 0 spiro atoms. The molecule has 0 saturated heterocycles. The van der Waals surface area contributed by atoms with E-state index in [1.165, 1.54) is 37.6 Å².